The average Bonchev–Trinajstić information content (AvgIpc) is 2.91. The van der Waals surface area contributed by atoms with Crippen molar-refractivity contribution in [3.05, 3.63) is 53.1 Å². The summed E-state index contributed by atoms with van der Waals surface area (Å²) in [5, 5.41) is 9.46. The fraction of sp³-hybridized carbons (Fsp3) is 0.273. The third-order valence-corrected chi connectivity index (χ3v) is 5.50. The Balaban J connectivity index is 1.86. The first kappa shape index (κ1) is 21.4. The van der Waals surface area contributed by atoms with Gasteiger partial charge >= 0.3 is 0 Å². The first-order chi connectivity index (χ1) is 15.0. The van der Waals surface area contributed by atoms with E-state index in [1.165, 1.54) is 18.7 Å². The monoisotopic (exact) mass is 456 g/mol. The lowest BCUT2D eigenvalue weighted by atomic mass is 10.1. The van der Waals surface area contributed by atoms with Crippen LogP contribution >= 0.6 is 23.4 Å². The van der Waals surface area contributed by atoms with Crippen LogP contribution in [0.15, 0.2) is 47.6 Å². The molecular formula is C22H21ClN4O3S. The molecule has 0 spiro atoms. The molecule has 0 unspecified atom stereocenters. The standard InChI is InChI=1S/C22H21ClN4O3S/c1-4-11-29-16-8-5-14(6-9-16)21-27(13(2)28)18-10-7-15(23)12-17(18)19-20(30-21)24-22(31-3)26-25-19/h5-10,12,21H,4,11H2,1-3H3/t21-/m1/s1. The second-order valence-electron chi connectivity index (χ2n) is 6.89. The van der Waals surface area contributed by atoms with Crippen molar-refractivity contribution in [2.75, 3.05) is 17.8 Å². The van der Waals surface area contributed by atoms with Crippen LogP contribution < -0.4 is 14.4 Å². The molecule has 3 aromatic rings. The number of ether oxygens (including phenoxy) is 2. The molecule has 0 radical (unpaired) electrons. The number of rotatable bonds is 5. The molecule has 0 saturated heterocycles. The lowest BCUT2D eigenvalue weighted by Crippen LogP contribution is -2.36. The van der Waals surface area contributed by atoms with Crippen molar-refractivity contribution in [2.24, 2.45) is 0 Å². The van der Waals surface area contributed by atoms with Gasteiger partial charge < -0.3 is 9.47 Å². The zero-order chi connectivity index (χ0) is 22.0. The van der Waals surface area contributed by atoms with Crippen molar-refractivity contribution in [2.45, 2.75) is 31.7 Å². The maximum atomic E-state index is 12.8. The molecule has 1 aliphatic rings. The molecule has 9 heteroatoms. The molecule has 1 amide bonds. The van der Waals surface area contributed by atoms with E-state index in [4.69, 9.17) is 21.1 Å². The van der Waals surface area contributed by atoms with E-state index in [1.807, 2.05) is 30.5 Å². The summed E-state index contributed by atoms with van der Waals surface area (Å²) >= 11 is 7.62. The number of anilines is 1. The number of aromatic nitrogens is 3. The minimum Gasteiger partial charge on any atom is -0.494 e. The van der Waals surface area contributed by atoms with E-state index in [0.29, 0.717) is 39.6 Å². The summed E-state index contributed by atoms with van der Waals surface area (Å²) in [7, 11) is 0. The Morgan fingerprint density at radius 3 is 2.68 bits per heavy atom. The van der Waals surface area contributed by atoms with Crippen LogP contribution in [0.25, 0.3) is 11.3 Å². The Hall–Kier alpha value is -2.84. The SMILES string of the molecule is CCCOc1ccc([C@H]2Oc3nc(SC)nnc3-c3cc(Cl)ccc3N2C(C)=O)cc1. The number of nitrogens with zero attached hydrogens (tertiary/aromatic N) is 4. The minimum absolute atomic E-state index is 0.189. The number of hydrogen-bond acceptors (Lipinski definition) is 7. The van der Waals surface area contributed by atoms with E-state index in [9.17, 15) is 4.79 Å². The van der Waals surface area contributed by atoms with Gasteiger partial charge in [-0.3, -0.25) is 9.69 Å². The van der Waals surface area contributed by atoms with E-state index in [-0.39, 0.29) is 5.91 Å². The van der Waals surface area contributed by atoms with Crippen molar-refractivity contribution in [1.82, 2.24) is 15.2 Å². The molecule has 2 aromatic carbocycles. The zero-order valence-corrected chi connectivity index (χ0v) is 18.9. The van der Waals surface area contributed by atoms with E-state index >= 15 is 0 Å². The van der Waals surface area contributed by atoms with Crippen LogP contribution in [0, 0.1) is 0 Å². The summed E-state index contributed by atoms with van der Waals surface area (Å²) in [4.78, 5) is 18.9. The molecule has 31 heavy (non-hydrogen) atoms. The quantitative estimate of drug-likeness (QED) is 0.491. The molecule has 4 rings (SSSR count). The van der Waals surface area contributed by atoms with Crippen molar-refractivity contribution >= 4 is 35.0 Å². The van der Waals surface area contributed by atoms with Crippen LogP contribution in [0.2, 0.25) is 5.02 Å². The highest BCUT2D eigenvalue weighted by atomic mass is 35.5. The van der Waals surface area contributed by atoms with Gasteiger partial charge in [-0.15, -0.1) is 10.2 Å². The van der Waals surface area contributed by atoms with Crippen LogP contribution in [0.1, 0.15) is 32.1 Å². The molecule has 0 saturated carbocycles. The van der Waals surface area contributed by atoms with Gasteiger partial charge in [-0.1, -0.05) is 30.3 Å². The van der Waals surface area contributed by atoms with E-state index in [2.05, 4.69) is 22.1 Å². The van der Waals surface area contributed by atoms with Gasteiger partial charge in [0.15, 0.2) is 5.69 Å². The Kier molecular flexibility index (Phi) is 6.29. The van der Waals surface area contributed by atoms with Gasteiger partial charge in [-0.05, 0) is 55.1 Å². The van der Waals surface area contributed by atoms with Crippen LogP contribution in [0.3, 0.4) is 0 Å². The van der Waals surface area contributed by atoms with E-state index < -0.39 is 6.23 Å². The lowest BCUT2D eigenvalue weighted by molar-refractivity contribution is -0.118. The van der Waals surface area contributed by atoms with Crippen molar-refractivity contribution in [1.29, 1.82) is 0 Å². The third kappa shape index (κ3) is 4.31. The molecule has 2 heterocycles. The molecule has 160 valence electrons. The number of amides is 1. The zero-order valence-electron chi connectivity index (χ0n) is 17.3. The van der Waals surface area contributed by atoms with Gasteiger partial charge in [-0.25, -0.2) is 0 Å². The van der Waals surface area contributed by atoms with Gasteiger partial charge in [0.25, 0.3) is 0 Å². The summed E-state index contributed by atoms with van der Waals surface area (Å²) in [6, 6.07) is 12.8. The van der Waals surface area contributed by atoms with Crippen LogP contribution in [-0.2, 0) is 4.79 Å². The first-order valence-corrected chi connectivity index (χ1v) is 11.4. The highest BCUT2D eigenvalue weighted by Gasteiger charge is 2.34. The topological polar surface area (TPSA) is 77.4 Å². The Bertz CT molecular complexity index is 1110. The third-order valence-electron chi connectivity index (χ3n) is 4.73. The van der Waals surface area contributed by atoms with Gasteiger partial charge in [0.1, 0.15) is 5.75 Å². The Labute approximate surface area is 189 Å². The first-order valence-electron chi connectivity index (χ1n) is 9.79. The molecule has 0 bridgehead atoms. The van der Waals surface area contributed by atoms with Gasteiger partial charge in [0.05, 0.1) is 12.3 Å². The van der Waals surface area contributed by atoms with Gasteiger partial charge in [0, 0.05) is 23.1 Å². The van der Waals surface area contributed by atoms with Crippen LogP contribution in [-0.4, -0.2) is 34.0 Å². The maximum Gasteiger partial charge on any atom is 0.247 e. The number of thioether (sulfide) groups is 1. The largest absolute Gasteiger partial charge is 0.494 e. The molecule has 1 atom stereocenters. The molecule has 1 aromatic heterocycles. The highest BCUT2D eigenvalue weighted by Crippen LogP contribution is 2.44. The average molecular weight is 457 g/mol. The lowest BCUT2D eigenvalue weighted by Gasteiger charge is -2.30. The molecule has 0 aliphatic carbocycles. The number of fused-ring (bicyclic) bond motifs is 3. The Morgan fingerprint density at radius 2 is 2.00 bits per heavy atom. The molecule has 0 fully saturated rings. The van der Waals surface area contributed by atoms with Gasteiger partial charge in [0.2, 0.25) is 23.2 Å². The molecule has 7 nitrogen and oxygen atoms in total. The Morgan fingerprint density at radius 1 is 1.23 bits per heavy atom. The van der Waals surface area contributed by atoms with Crippen molar-refractivity contribution in [3.8, 4) is 22.9 Å². The number of carbonyl (C=O) groups excluding carboxylic acids is 1. The molecular weight excluding hydrogens is 436 g/mol. The summed E-state index contributed by atoms with van der Waals surface area (Å²) in [5.74, 6) is 0.864. The summed E-state index contributed by atoms with van der Waals surface area (Å²) in [6.45, 7) is 4.19. The number of benzene rings is 2. The molecule has 1 aliphatic heterocycles. The minimum atomic E-state index is -0.745. The summed E-state index contributed by atoms with van der Waals surface area (Å²) < 4.78 is 12.0. The van der Waals surface area contributed by atoms with E-state index in [1.54, 1.807) is 23.1 Å². The predicted octanol–water partition coefficient (Wildman–Crippen LogP) is 5.15. The summed E-state index contributed by atoms with van der Waals surface area (Å²) in [6.07, 6.45) is 2.04. The number of hydrogen-bond donors (Lipinski definition) is 0. The van der Waals surface area contributed by atoms with Gasteiger partial charge in [-0.2, -0.15) is 4.98 Å². The number of halogens is 1. The fourth-order valence-corrected chi connectivity index (χ4v) is 3.80. The summed E-state index contributed by atoms with van der Waals surface area (Å²) in [5.41, 5.74) is 2.47. The van der Waals surface area contributed by atoms with Crippen LogP contribution in [0.5, 0.6) is 11.6 Å². The second kappa shape index (κ2) is 9.11. The normalized spacial score (nSPS) is 14.8. The van der Waals surface area contributed by atoms with Crippen molar-refractivity contribution in [3.63, 3.8) is 0 Å². The second-order valence-corrected chi connectivity index (χ2v) is 8.10. The highest BCUT2D eigenvalue weighted by molar-refractivity contribution is 7.98. The maximum absolute atomic E-state index is 12.8. The smallest absolute Gasteiger partial charge is 0.247 e. The number of carbonyl (C=O) groups is 1. The van der Waals surface area contributed by atoms with Crippen molar-refractivity contribution < 1.29 is 14.3 Å². The molecule has 0 N–H and O–H groups in total. The van der Waals surface area contributed by atoms with Crippen LogP contribution in [0.4, 0.5) is 5.69 Å². The van der Waals surface area contributed by atoms with E-state index in [0.717, 1.165) is 17.7 Å². The fourth-order valence-electron chi connectivity index (χ4n) is 3.33. The predicted molar refractivity (Wildman–Crippen MR) is 121 cm³/mol.